The molecule has 2 rings (SSSR count). The summed E-state index contributed by atoms with van der Waals surface area (Å²) in [6.07, 6.45) is 6.38. The molecule has 2 heterocycles. The highest BCUT2D eigenvalue weighted by molar-refractivity contribution is 7.96. The number of likely N-dealkylation sites (N-methyl/N-ethyl adjacent to an activating group) is 2. The number of aldehydes is 1. The Balaban J connectivity index is 0. The standard InChI is InChI=1S/C31H50N6O5S.C4H9N.C3H8.C2H6/c1-20(2)17-21(23(39)19-38)33-27(40)22-13-12-16-37(22)28(41)26(31(6,7)8)35-29(42)34-24(30(3,4)5)18-36(9)43-25-14-10-11-15-32-25;1-3-4-5-2;1-3-2;1-2/h10-11,14-15,19-22,24,26H,12-13,16-18H2,1-9H3,(H,33,40)(H2,34,35,42);3,5H,1,4H2,2H3;3H2,1-2H3;1-2H3. The van der Waals surface area contributed by atoms with E-state index in [1.807, 2.05) is 112 Å². The Morgan fingerprint density at radius 3 is 2.08 bits per heavy atom. The molecule has 1 aromatic rings. The van der Waals surface area contributed by atoms with Crippen LogP contribution in [0.15, 0.2) is 42.1 Å². The van der Waals surface area contributed by atoms with Crippen molar-refractivity contribution in [2.75, 3.05) is 33.7 Å². The van der Waals surface area contributed by atoms with Gasteiger partial charge in [-0.25, -0.2) is 14.1 Å². The Bertz CT molecular complexity index is 1220. The van der Waals surface area contributed by atoms with Crippen LogP contribution in [0, 0.1) is 16.7 Å². The highest BCUT2D eigenvalue weighted by atomic mass is 32.2. The molecule has 12 nitrogen and oxygen atoms in total. The number of carbonyl (C=O) groups excluding carboxylic acids is 5. The predicted molar refractivity (Wildman–Crippen MR) is 220 cm³/mol. The van der Waals surface area contributed by atoms with Crippen molar-refractivity contribution >= 4 is 41.9 Å². The molecule has 0 aliphatic carbocycles. The van der Waals surface area contributed by atoms with Crippen LogP contribution in [0.2, 0.25) is 0 Å². The molecule has 0 spiro atoms. The maximum absolute atomic E-state index is 13.9. The van der Waals surface area contributed by atoms with Gasteiger partial charge in [-0.05, 0) is 74.2 Å². The lowest BCUT2D eigenvalue weighted by Gasteiger charge is -2.37. The van der Waals surface area contributed by atoms with Crippen molar-refractivity contribution in [2.24, 2.45) is 16.7 Å². The Morgan fingerprint density at radius 1 is 1.04 bits per heavy atom. The molecule has 1 aromatic heterocycles. The van der Waals surface area contributed by atoms with E-state index in [1.165, 1.54) is 23.3 Å². The maximum Gasteiger partial charge on any atom is 0.315 e. The summed E-state index contributed by atoms with van der Waals surface area (Å²) < 4.78 is 2.01. The number of Topliss-reactive ketones (excluding diaryl/α,β-unsaturated/α-hetero) is 1. The van der Waals surface area contributed by atoms with E-state index in [-0.39, 0.29) is 29.6 Å². The number of ketones is 1. The van der Waals surface area contributed by atoms with Gasteiger partial charge in [0.05, 0.1) is 6.04 Å². The minimum absolute atomic E-state index is 0.0776. The van der Waals surface area contributed by atoms with Gasteiger partial charge >= 0.3 is 6.03 Å². The first-order valence-corrected chi connectivity index (χ1v) is 19.8. The minimum Gasteiger partial charge on any atom is -0.344 e. The van der Waals surface area contributed by atoms with Gasteiger partial charge in [-0.15, -0.1) is 6.58 Å². The monoisotopic (exact) mass is 764 g/mol. The van der Waals surface area contributed by atoms with E-state index < -0.39 is 41.3 Å². The fourth-order valence-electron chi connectivity index (χ4n) is 5.05. The van der Waals surface area contributed by atoms with Gasteiger partial charge in [0.15, 0.2) is 6.29 Å². The van der Waals surface area contributed by atoms with Crippen LogP contribution >= 0.6 is 11.9 Å². The van der Waals surface area contributed by atoms with Crippen molar-refractivity contribution in [1.29, 1.82) is 0 Å². The van der Waals surface area contributed by atoms with Crippen LogP contribution < -0.4 is 21.3 Å². The van der Waals surface area contributed by atoms with Crippen LogP contribution in [-0.4, -0.2) is 102 Å². The third kappa shape index (κ3) is 21.3. The molecule has 1 fully saturated rings. The third-order valence-electron chi connectivity index (χ3n) is 7.74. The van der Waals surface area contributed by atoms with Crippen molar-refractivity contribution in [3.8, 4) is 0 Å². The van der Waals surface area contributed by atoms with Crippen molar-refractivity contribution in [3.63, 3.8) is 0 Å². The number of rotatable bonds is 15. The highest BCUT2D eigenvalue weighted by Gasteiger charge is 2.43. The predicted octanol–water partition coefficient (Wildman–Crippen LogP) is 6.27. The summed E-state index contributed by atoms with van der Waals surface area (Å²) >= 11 is 1.48. The lowest BCUT2D eigenvalue weighted by molar-refractivity contribution is -0.142. The molecule has 13 heteroatoms. The van der Waals surface area contributed by atoms with Crippen LogP contribution in [0.3, 0.4) is 0 Å². The molecule has 1 aliphatic rings. The van der Waals surface area contributed by atoms with Gasteiger partial charge in [-0.1, -0.05) is 102 Å². The number of hydrogen-bond acceptors (Lipinski definition) is 9. The molecule has 304 valence electrons. The first-order valence-electron chi connectivity index (χ1n) is 19.0. The van der Waals surface area contributed by atoms with Crippen molar-refractivity contribution in [2.45, 2.75) is 138 Å². The molecule has 4 N–H and O–H groups in total. The molecule has 1 aliphatic heterocycles. The fourth-order valence-corrected chi connectivity index (χ4v) is 5.84. The zero-order chi connectivity index (χ0) is 41.4. The molecule has 4 atom stereocenters. The topological polar surface area (TPSA) is 153 Å². The average molecular weight is 764 g/mol. The van der Waals surface area contributed by atoms with E-state index in [4.69, 9.17) is 0 Å². The summed E-state index contributed by atoms with van der Waals surface area (Å²) in [6.45, 7) is 29.0. The van der Waals surface area contributed by atoms with E-state index in [9.17, 15) is 24.0 Å². The molecule has 4 unspecified atom stereocenters. The Morgan fingerprint density at radius 2 is 1.64 bits per heavy atom. The lowest BCUT2D eigenvalue weighted by atomic mass is 9.85. The molecular formula is C40H73N7O5S. The van der Waals surface area contributed by atoms with Crippen LogP contribution in [-0.2, 0) is 19.2 Å². The molecular weight excluding hydrogens is 691 g/mol. The average Bonchev–Trinajstić information content (AvgIpc) is 3.58. The summed E-state index contributed by atoms with van der Waals surface area (Å²) in [5.74, 6) is -1.45. The Kier molecular flexibility index (Phi) is 26.7. The fraction of sp³-hybridized carbons (Fsp3) is 0.700. The van der Waals surface area contributed by atoms with Gasteiger partial charge < -0.3 is 26.2 Å². The highest BCUT2D eigenvalue weighted by Crippen LogP contribution is 2.27. The summed E-state index contributed by atoms with van der Waals surface area (Å²) in [5, 5.41) is 12.4. The Hall–Kier alpha value is -3.29. The van der Waals surface area contributed by atoms with Crippen LogP contribution in [0.4, 0.5) is 4.79 Å². The Labute approximate surface area is 326 Å². The SMILES string of the molecule is C=CCNC.CC.CC(C)CC(NC(=O)C1CCCN1C(=O)C(NC(=O)NC(CN(C)Sc1ccccn1)C(C)(C)C)C(C)(C)C)C(=O)C=O.CCC. The van der Waals surface area contributed by atoms with Crippen LogP contribution in [0.5, 0.6) is 0 Å². The second-order valence-corrected chi connectivity index (χ2v) is 16.6. The quantitative estimate of drug-likeness (QED) is 0.0701. The third-order valence-corrected chi connectivity index (χ3v) is 8.63. The lowest BCUT2D eigenvalue weighted by Crippen LogP contribution is -2.61. The molecule has 0 radical (unpaired) electrons. The van der Waals surface area contributed by atoms with Gasteiger partial charge in [0, 0.05) is 31.9 Å². The van der Waals surface area contributed by atoms with E-state index >= 15 is 0 Å². The number of hydrogen-bond donors (Lipinski definition) is 4. The molecule has 0 bridgehead atoms. The van der Waals surface area contributed by atoms with E-state index in [0.717, 1.165) is 11.6 Å². The number of nitrogens with one attached hydrogen (secondary N) is 4. The molecule has 53 heavy (non-hydrogen) atoms. The number of carbonyl (C=O) groups is 5. The molecule has 4 amide bonds. The number of likely N-dealkylation sites (tertiary alicyclic amines) is 1. The molecule has 1 saturated heterocycles. The number of amides is 4. The van der Waals surface area contributed by atoms with E-state index in [0.29, 0.717) is 32.4 Å². The number of nitrogens with zero attached hydrogens (tertiary/aromatic N) is 3. The van der Waals surface area contributed by atoms with Gasteiger partial charge in [0.1, 0.15) is 17.1 Å². The number of aromatic nitrogens is 1. The first kappa shape index (κ1) is 51.8. The summed E-state index contributed by atoms with van der Waals surface area (Å²) in [7, 11) is 3.83. The molecule has 0 aromatic carbocycles. The summed E-state index contributed by atoms with van der Waals surface area (Å²) in [5.41, 5.74) is -0.949. The van der Waals surface area contributed by atoms with Gasteiger partial charge in [0.25, 0.3) is 0 Å². The first-order chi connectivity index (χ1) is 24.8. The van der Waals surface area contributed by atoms with Crippen molar-refractivity contribution < 1.29 is 24.0 Å². The van der Waals surface area contributed by atoms with Crippen LogP contribution in [0.1, 0.15) is 109 Å². The van der Waals surface area contributed by atoms with Crippen molar-refractivity contribution in [1.82, 2.24) is 35.5 Å². The van der Waals surface area contributed by atoms with Gasteiger partial charge in [0.2, 0.25) is 17.6 Å². The van der Waals surface area contributed by atoms with E-state index in [2.05, 4.69) is 46.7 Å². The van der Waals surface area contributed by atoms with Gasteiger partial charge in [-0.3, -0.25) is 19.2 Å². The smallest absolute Gasteiger partial charge is 0.315 e. The number of pyridine rings is 1. The second-order valence-electron chi connectivity index (χ2n) is 15.4. The molecule has 0 saturated carbocycles. The van der Waals surface area contributed by atoms with Crippen LogP contribution in [0.25, 0.3) is 0 Å². The minimum atomic E-state index is -0.937. The normalized spacial score (nSPS) is 15.5. The second kappa shape index (κ2) is 27.3. The van der Waals surface area contributed by atoms with Crippen molar-refractivity contribution in [3.05, 3.63) is 37.1 Å². The zero-order valence-electron chi connectivity index (χ0n) is 35.3. The van der Waals surface area contributed by atoms with Gasteiger partial charge in [-0.2, -0.15) is 0 Å². The largest absolute Gasteiger partial charge is 0.344 e. The van der Waals surface area contributed by atoms with E-state index in [1.54, 1.807) is 6.20 Å². The summed E-state index contributed by atoms with van der Waals surface area (Å²) in [6, 6.07) is 2.32. The maximum atomic E-state index is 13.9. The number of urea groups is 1. The zero-order valence-corrected chi connectivity index (χ0v) is 36.1. The summed E-state index contributed by atoms with van der Waals surface area (Å²) in [4.78, 5) is 69.8.